The van der Waals surface area contributed by atoms with Crippen LogP contribution in [0.1, 0.15) is 47.2 Å². The molecular formula is C36H40NO7S+. The largest absolute Gasteiger partial charge is 0.487 e. The molecule has 0 aliphatic heterocycles. The van der Waals surface area contributed by atoms with Gasteiger partial charge in [0, 0.05) is 12.3 Å². The molecule has 4 rings (SSSR count). The lowest BCUT2D eigenvalue weighted by Gasteiger charge is -2.19. The molecule has 8 nitrogen and oxygen atoms in total. The second-order valence-electron chi connectivity index (χ2n) is 12.1. The van der Waals surface area contributed by atoms with E-state index in [1.807, 2.05) is 126 Å². The molecule has 0 saturated carbocycles. The van der Waals surface area contributed by atoms with Gasteiger partial charge in [-0.1, -0.05) is 12.1 Å². The summed E-state index contributed by atoms with van der Waals surface area (Å²) >= 11 is 0. The maximum Gasteiger partial charge on any atom is 0.344 e. The van der Waals surface area contributed by atoms with Crippen LogP contribution < -0.4 is 14.2 Å². The van der Waals surface area contributed by atoms with Gasteiger partial charge in [0.25, 0.3) is 0 Å². The van der Waals surface area contributed by atoms with E-state index in [1.54, 1.807) is 6.20 Å². The van der Waals surface area contributed by atoms with Crippen molar-refractivity contribution in [3.63, 3.8) is 0 Å². The van der Waals surface area contributed by atoms with Crippen molar-refractivity contribution in [3.05, 3.63) is 103 Å². The lowest BCUT2D eigenvalue weighted by molar-refractivity contribution is -0.158. The number of carbonyl (C=O) groups excluding carboxylic acids is 2. The maximum atomic E-state index is 12.1. The molecule has 0 amide bonds. The van der Waals surface area contributed by atoms with Crippen LogP contribution in [0.4, 0.5) is 0 Å². The molecule has 45 heavy (non-hydrogen) atoms. The summed E-state index contributed by atoms with van der Waals surface area (Å²) in [6.45, 7) is 10.9. The van der Waals surface area contributed by atoms with Gasteiger partial charge in [0.1, 0.15) is 35.1 Å². The predicted octanol–water partition coefficient (Wildman–Crippen LogP) is 7.20. The molecule has 0 bridgehead atoms. The number of ether oxygens (including phenoxy) is 5. The van der Waals surface area contributed by atoms with E-state index in [0.29, 0.717) is 18.1 Å². The van der Waals surface area contributed by atoms with Gasteiger partial charge in [0.15, 0.2) is 27.9 Å². The SMILES string of the molecule is CC(C)(C)OC(=O)COc1ccc([S+](c2ccc(OCC(=O)OC(C)(C)C)cc2)c2cccc(OCc3ccccn3)c2)cc1. The van der Waals surface area contributed by atoms with Crippen LogP contribution >= 0.6 is 0 Å². The number of carbonyl (C=O) groups is 2. The predicted molar refractivity (Wildman–Crippen MR) is 173 cm³/mol. The number of pyridine rings is 1. The van der Waals surface area contributed by atoms with Gasteiger partial charge in [-0.15, -0.1) is 0 Å². The van der Waals surface area contributed by atoms with Crippen LogP contribution in [-0.2, 0) is 36.6 Å². The van der Waals surface area contributed by atoms with Crippen molar-refractivity contribution in [3.8, 4) is 17.2 Å². The molecule has 236 valence electrons. The van der Waals surface area contributed by atoms with Crippen LogP contribution in [0, 0.1) is 0 Å². The molecule has 1 heterocycles. The molecule has 0 aliphatic rings. The smallest absolute Gasteiger partial charge is 0.344 e. The zero-order valence-corrected chi connectivity index (χ0v) is 27.4. The van der Waals surface area contributed by atoms with Gasteiger partial charge in [-0.05, 0) is 114 Å². The van der Waals surface area contributed by atoms with Crippen LogP contribution in [0.25, 0.3) is 0 Å². The summed E-state index contributed by atoms with van der Waals surface area (Å²) < 4.78 is 28.2. The molecule has 0 unspecified atom stereocenters. The van der Waals surface area contributed by atoms with Crippen molar-refractivity contribution in [2.45, 2.75) is 74.0 Å². The average molecular weight is 631 g/mol. The van der Waals surface area contributed by atoms with E-state index in [9.17, 15) is 9.59 Å². The van der Waals surface area contributed by atoms with Gasteiger partial charge >= 0.3 is 11.9 Å². The minimum absolute atomic E-state index is 0.178. The Morgan fingerprint density at radius 1 is 0.600 bits per heavy atom. The van der Waals surface area contributed by atoms with Gasteiger partial charge in [-0.25, -0.2) is 9.59 Å². The van der Waals surface area contributed by atoms with Gasteiger partial charge in [0.2, 0.25) is 0 Å². The van der Waals surface area contributed by atoms with Crippen LogP contribution in [0.15, 0.2) is 112 Å². The first-order valence-corrected chi connectivity index (χ1v) is 15.8. The van der Waals surface area contributed by atoms with E-state index in [1.165, 1.54) is 0 Å². The maximum absolute atomic E-state index is 12.1. The van der Waals surface area contributed by atoms with Crippen LogP contribution in [-0.4, -0.2) is 41.3 Å². The van der Waals surface area contributed by atoms with E-state index in [0.717, 1.165) is 26.1 Å². The van der Waals surface area contributed by atoms with Crippen molar-refractivity contribution < 1.29 is 33.3 Å². The minimum atomic E-state index is -0.579. The highest BCUT2D eigenvalue weighted by atomic mass is 32.2. The molecule has 0 fully saturated rings. The molecule has 4 aromatic rings. The van der Waals surface area contributed by atoms with E-state index in [-0.39, 0.29) is 13.2 Å². The van der Waals surface area contributed by atoms with E-state index in [4.69, 9.17) is 23.7 Å². The second kappa shape index (κ2) is 15.0. The van der Waals surface area contributed by atoms with Gasteiger partial charge < -0.3 is 23.7 Å². The Hall–Kier alpha value is -4.50. The Labute approximate surface area is 268 Å². The molecule has 0 aliphatic carbocycles. The Kier molecular flexibility index (Phi) is 11.1. The zero-order chi connectivity index (χ0) is 32.5. The standard InChI is InChI=1S/C36H40NO7S/c1-35(2,3)43-33(38)24-41-27-13-17-30(18-14-27)45(31-19-15-28(16-20-31)42-25-34(39)44-36(4,5)6)32-12-9-11-29(22-32)40-23-26-10-7-8-21-37-26/h7-22H,23-25H2,1-6H3/q+1. The number of esters is 2. The Morgan fingerprint density at radius 3 is 1.60 bits per heavy atom. The lowest BCUT2D eigenvalue weighted by Crippen LogP contribution is -2.27. The molecule has 3 aromatic carbocycles. The summed E-state index contributed by atoms with van der Waals surface area (Å²) in [4.78, 5) is 31.7. The van der Waals surface area contributed by atoms with Crippen molar-refractivity contribution in [1.29, 1.82) is 0 Å². The fourth-order valence-corrected chi connectivity index (χ4v) is 6.19. The quantitative estimate of drug-likeness (QED) is 0.120. The number of hydrogen-bond acceptors (Lipinski definition) is 8. The molecule has 0 saturated heterocycles. The number of aromatic nitrogens is 1. The fourth-order valence-electron chi connectivity index (χ4n) is 4.11. The summed E-state index contributed by atoms with van der Waals surface area (Å²) in [5.41, 5.74) is -0.318. The monoisotopic (exact) mass is 630 g/mol. The highest BCUT2D eigenvalue weighted by molar-refractivity contribution is 7.97. The normalized spacial score (nSPS) is 11.5. The molecule has 0 atom stereocenters. The fraction of sp³-hybridized carbons (Fsp3) is 0.306. The molecule has 9 heteroatoms. The van der Waals surface area contributed by atoms with Crippen molar-refractivity contribution in [1.82, 2.24) is 4.98 Å². The number of rotatable bonds is 12. The van der Waals surface area contributed by atoms with Crippen LogP contribution in [0.3, 0.4) is 0 Å². The Morgan fingerprint density at radius 2 is 1.13 bits per heavy atom. The summed E-state index contributed by atoms with van der Waals surface area (Å²) in [6.07, 6.45) is 1.74. The zero-order valence-electron chi connectivity index (χ0n) is 26.6. The highest BCUT2D eigenvalue weighted by Gasteiger charge is 2.30. The van der Waals surface area contributed by atoms with Crippen molar-refractivity contribution >= 4 is 22.8 Å². The van der Waals surface area contributed by atoms with Crippen LogP contribution in [0.2, 0.25) is 0 Å². The van der Waals surface area contributed by atoms with Gasteiger partial charge in [-0.2, -0.15) is 0 Å². The third-order valence-electron chi connectivity index (χ3n) is 5.83. The van der Waals surface area contributed by atoms with E-state index < -0.39 is 34.0 Å². The molecule has 0 N–H and O–H groups in total. The van der Waals surface area contributed by atoms with Gasteiger partial charge in [-0.3, -0.25) is 4.98 Å². The summed E-state index contributed by atoms with van der Waals surface area (Å²) in [5, 5.41) is 0. The summed E-state index contributed by atoms with van der Waals surface area (Å²) in [6, 6.07) is 29.1. The summed E-state index contributed by atoms with van der Waals surface area (Å²) in [5.74, 6) is 0.994. The number of hydrogen-bond donors (Lipinski definition) is 0. The van der Waals surface area contributed by atoms with E-state index in [2.05, 4.69) is 11.1 Å². The van der Waals surface area contributed by atoms with Crippen molar-refractivity contribution in [2.75, 3.05) is 13.2 Å². The first kappa shape index (κ1) is 33.4. The molecule has 0 radical (unpaired) electrons. The Balaban J connectivity index is 1.55. The summed E-state index contributed by atoms with van der Waals surface area (Å²) in [7, 11) is -0.532. The second-order valence-corrected chi connectivity index (χ2v) is 14.1. The van der Waals surface area contributed by atoms with E-state index >= 15 is 0 Å². The molecule has 1 aromatic heterocycles. The number of benzene rings is 3. The minimum Gasteiger partial charge on any atom is -0.487 e. The first-order valence-electron chi connectivity index (χ1n) is 14.6. The topological polar surface area (TPSA) is 93.2 Å². The average Bonchev–Trinajstić information content (AvgIpc) is 2.98. The third kappa shape index (κ3) is 11.2. The lowest BCUT2D eigenvalue weighted by atomic mass is 10.2. The third-order valence-corrected chi connectivity index (χ3v) is 8.04. The van der Waals surface area contributed by atoms with Crippen molar-refractivity contribution in [2.24, 2.45) is 0 Å². The molecular weight excluding hydrogens is 590 g/mol. The Bertz CT molecular complexity index is 1470. The highest BCUT2D eigenvalue weighted by Crippen LogP contribution is 2.35. The first-order chi connectivity index (χ1) is 21.3. The number of nitrogens with zero attached hydrogens (tertiary/aromatic N) is 1. The van der Waals surface area contributed by atoms with Gasteiger partial charge in [0.05, 0.1) is 16.6 Å². The molecule has 0 spiro atoms. The van der Waals surface area contributed by atoms with Crippen LogP contribution in [0.5, 0.6) is 17.2 Å².